The lowest BCUT2D eigenvalue weighted by Gasteiger charge is -1.95. The summed E-state index contributed by atoms with van der Waals surface area (Å²) < 4.78 is 4.70. The molecule has 1 aliphatic carbocycles. The van der Waals surface area contributed by atoms with Gasteiger partial charge in [0.05, 0.1) is 12.5 Å². The Labute approximate surface area is 48.8 Å². The molecule has 0 aromatic heterocycles. The van der Waals surface area contributed by atoms with Crippen molar-refractivity contribution in [1.82, 2.24) is 0 Å². The second kappa shape index (κ2) is 2.16. The van der Waals surface area contributed by atoms with E-state index in [1.54, 1.807) is 0 Å². The van der Waals surface area contributed by atoms with Crippen LogP contribution in [0.25, 0.3) is 0 Å². The summed E-state index contributed by atoms with van der Waals surface area (Å²) in [5.41, 5.74) is 0. The molecule has 0 spiro atoms. The van der Waals surface area contributed by atoms with Gasteiger partial charge in [0, 0.05) is 0 Å². The minimum absolute atomic E-state index is 0.0625. The van der Waals surface area contributed by atoms with Crippen molar-refractivity contribution in [2.24, 2.45) is 5.92 Å². The van der Waals surface area contributed by atoms with Crippen molar-refractivity contribution in [2.75, 3.05) is 6.61 Å². The topological polar surface area (TPSA) is 26.3 Å². The van der Waals surface area contributed by atoms with E-state index in [9.17, 15) is 4.79 Å². The van der Waals surface area contributed by atoms with Gasteiger partial charge < -0.3 is 4.74 Å². The summed E-state index contributed by atoms with van der Waals surface area (Å²) in [5.74, 6) is 0.0717. The Hall–Kier alpha value is -0.530. The third-order valence-corrected chi connectivity index (χ3v) is 1.06. The van der Waals surface area contributed by atoms with Crippen LogP contribution in [-0.4, -0.2) is 12.6 Å². The minimum Gasteiger partial charge on any atom is -0.466 e. The van der Waals surface area contributed by atoms with Gasteiger partial charge in [-0.25, -0.2) is 0 Å². The standard InChI is InChI=1S/C6H9O2/c1-2-8-6(7)5-3-4-5/h3,5H,2,4H2,1H3. The van der Waals surface area contributed by atoms with Crippen molar-refractivity contribution in [3.63, 3.8) is 0 Å². The fourth-order valence-corrected chi connectivity index (χ4v) is 0.510. The molecule has 1 radical (unpaired) electrons. The molecule has 1 unspecified atom stereocenters. The van der Waals surface area contributed by atoms with Crippen molar-refractivity contribution in [1.29, 1.82) is 0 Å². The summed E-state index contributed by atoms with van der Waals surface area (Å²) >= 11 is 0. The van der Waals surface area contributed by atoms with Crippen LogP contribution in [0.4, 0.5) is 0 Å². The van der Waals surface area contributed by atoms with Gasteiger partial charge in [0.15, 0.2) is 0 Å². The Bertz CT molecular complexity index is 94.7. The van der Waals surface area contributed by atoms with E-state index in [4.69, 9.17) is 4.74 Å². The molecule has 0 heterocycles. The summed E-state index contributed by atoms with van der Waals surface area (Å²) in [4.78, 5) is 10.6. The van der Waals surface area contributed by atoms with Gasteiger partial charge in [0.2, 0.25) is 0 Å². The Morgan fingerprint density at radius 3 is 3.00 bits per heavy atom. The first kappa shape index (κ1) is 5.60. The minimum atomic E-state index is -0.0625. The summed E-state index contributed by atoms with van der Waals surface area (Å²) in [7, 11) is 0. The van der Waals surface area contributed by atoms with Crippen molar-refractivity contribution in [3.8, 4) is 0 Å². The average Bonchev–Trinajstić information content (AvgIpc) is 2.45. The number of esters is 1. The smallest absolute Gasteiger partial charge is 0.309 e. The maximum absolute atomic E-state index is 10.6. The molecule has 0 aliphatic heterocycles. The molecule has 0 aromatic carbocycles. The van der Waals surface area contributed by atoms with Crippen LogP contribution < -0.4 is 0 Å². The normalized spacial score (nSPS) is 18.1. The molecule has 1 saturated carbocycles. The van der Waals surface area contributed by atoms with Crippen LogP contribution in [-0.2, 0) is 9.53 Å². The van der Waals surface area contributed by atoms with Crippen LogP contribution in [0.1, 0.15) is 13.3 Å². The molecule has 1 rings (SSSR count). The zero-order chi connectivity index (χ0) is 5.98. The van der Waals surface area contributed by atoms with E-state index < -0.39 is 0 Å². The molecule has 0 bridgehead atoms. The molecule has 45 valence electrons. The number of hydrogen-bond donors (Lipinski definition) is 0. The first-order valence-electron chi connectivity index (χ1n) is 2.84. The SMILES string of the molecule is CCOC(=O)C1[CH]C1. The number of carbonyl (C=O) groups is 1. The van der Waals surface area contributed by atoms with Crippen molar-refractivity contribution >= 4 is 5.97 Å². The van der Waals surface area contributed by atoms with Gasteiger partial charge >= 0.3 is 5.97 Å². The maximum Gasteiger partial charge on any atom is 0.309 e. The van der Waals surface area contributed by atoms with Gasteiger partial charge in [-0.2, -0.15) is 0 Å². The average molecular weight is 113 g/mol. The lowest BCUT2D eigenvalue weighted by molar-refractivity contribution is -0.144. The van der Waals surface area contributed by atoms with Crippen LogP contribution in [0.3, 0.4) is 0 Å². The van der Waals surface area contributed by atoms with Gasteiger partial charge in [0.25, 0.3) is 0 Å². The molecule has 0 amide bonds. The van der Waals surface area contributed by atoms with Crippen LogP contribution >= 0.6 is 0 Å². The Kier molecular flexibility index (Phi) is 1.51. The van der Waals surface area contributed by atoms with Gasteiger partial charge in [-0.15, -0.1) is 0 Å². The van der Waals surface area contributed by atoms with E-state index in [1.807, 2.05) is 13.3 Å². The first-order valence-corrected chi connectivity index (χ1v) is 2.84. The third kappa shape index (κ3) is 1.22. The molecule has 2 nitrogen and oxygen atoms in total. The lowest BCUT2D eigenvalue weighted by atomic mass is 10.4. The fraction of sp³-hybridized carbons (Fsp3) is 0.667. The predicted octanol–water partition coefficient (Wildman–Crippen LogP) is 0.774. The zero-order valence-corrected chi connectivity index (χ0v) is 4.89. The highest BCUT2D eigenvalue weighted by Gasteiger charge is 2.31. The molecular weight excluding hydrogens is 104 g/mol. The first-order chi connectivity index (χ1) is 3.84. The third-order valence-electron chi connectivity index (χ3n) is 1.06. The highest BCUT2D eigenvalue weighted by atomic mass is 16.5. The van der Waals surface area contributed by atoms with Crippen molar-refractivity contribution in [3.05, 3.63) is 6.42 Å². The molecule has 0 aromatic rings. The van der Waals surface area contributed by atoms with E-state index in [1.165, 1.54) is 0 Å². The summed E-state index contributed by atoms with van der Waals surface area (Å²) in [6, 6.07) is 0. The second-order valence-electron chi connectivity index (χ2n) is 1.83. The summed E-state index contributed by atoms with van der Waals surface area (Å²) in [6.07, 6.45) is 2.86. The Morgan fingerprint density at radius 2 is 2.62 bits per heavy atom. The summed E-state index contributed by atoms with van der Waals surface area (Å²) in [6.45, 7) is 2.32. The summed E-state index contributed by atoms with van der Waals surface area (Å²) in [5, 5.41) is 0. The number of rotatable bonds is 2. The van der Waals surface area contributed by atoms with Gasteiger partial charge in [0.1, 0.15) is 0 Å². The van der Waals surface area contributed by atoms with E-state index in [0.29, 0.717) is 6.61 Å². The second-order valence-corrected chi connectivity index (χ2v) is 1.83. The highest BCUT2D eigenvalue weighted by Crippen LogP contribution is 2.28. The van der Waals surface area contributed by atoms with Crippen LogP contribution in [0.15, 0.2) is 0 Å². The molecular formula is C6H9O2. The van der Waals surface area contributed by atoms with Crippen LogP contribution in [0.2, 0.25) is 0 Å². The highest BCUT2D eigenvalue weighted by molar-refractivity contribution is 5.77. The number of carbonyl (C=O) groups excluding carboxylic acids is 1. The predicted molar refractivity (Wildman–Crippen MR) is 29.0 cm³/mol. The van der Waals surface area contributed by atoms with Crippen molar-refractivity contribution in [2.45, 2.75) is 13.3 Å². The number of ether oxygens (including phenoxy) is 1. The molecule has 0 N–H and O–H groups in total. The largest absolute Gasteiger partial charge is 0.466 e. The van der Waals surface area contributed by atoms with E-state index in [-0.39, 0.29) is 11.9 Å². The van der Waals surface area contributed by atoms with Gasteiger partial charge in [-0.05, 0) is 19.8 Å². The quantitative estimate of drug-likeness (QED) is 0.494. The maximum atomic E-state index is 10.6. The lowest BCUT2D eigenvalue weighted by Crippen LogP contribution is -2.05. The number of hydrogen-bond acceptors (Lipinski definition) is 2. The van der Waals surface area contributed by atoms with Gasteiger partial charge in [-0.3, -0.25) is 4.79 Å². The van der Waals surface area contributed by atoms with Crippen LogP contribution in [0, 0.1) is 12.3 Å². The molecule has 0 saturated heterocycles. The monoisotopic (exact) mass is 113 g/mol. The molecule has 8 heavy (non-hydrogen) atoms. The zero-order valence-electron chi connectivity index (χ0n) is 4.89. The van der Waals surface area contributed by atoms with Crippen LogP contribution in [0.5, 0.6) is 0 Å². The molecule has 1 atom stereocenters. The van der Waals surface area contributed by atoms with E-state index >= 15 is 0 Å². The van der Waals surface area contributed by atoms with Gasteiger partial charge in [-0.1, -0.05) is 0 Å². The molecule has 1 fully saturated rings. The fourth-order valence-electron chi connectivity index (χ4n) is 0.510. The van der Waals surface area contributed by atoms with Crippen molar-refractivity contribution < 1.29 is 9.53 Å². The van der Waals surface area contributed by atoms with E-state index in [0.717, 1.165) is 6.42 Å². The molecule has 2 heteroatoms. The van der Waals surface area contributed by atoms with E-state index in [2.05, 4.69) is 0 Å². The molecule has 1 aliphatic rings. The Morgan fingerprint density at radius 1 is 2.00 bits per heavy atom. The Balaban J connectivity index is 2.13.